The number of aryl methyl sites for hydroxylation is 1. The van der Waals surface area contributed by atoms with Crippen molar-refractivity contribution in [3.63, 3.8) is 0 Å². The van der Waals surface area contributed by atoms with E-state index >= 15 is 0 Å². The zero-order valence-corrected chi connectivity index (χ0v) is 22.4. The van der Waals surface area contributed by atoms with Crippen molar-refractivity contribution >= 4 is 22.1 Å². The van der Waals surface area contributed by atoms with E-state index in [9.17, 15) is 18.5 Å². The standard InChI is InChI=1S/C24H32N8O4S/c1-23(2,3)36-22(33)31-16-24(32(37(31,34)35)14-17-5-6-17)7-9-30(10-8-24)20-13-26-19(11-25)21(28-20)18-12-27-29(4)15-18/h12-13,15,17H,5-10,14,16H2,1-4H3. The molecule has 198 valence electrons. The maximum absolute atomic E-state index is 13.6. The van der Waals surface area contributed by atoms with E-state index in [1.807, 2.05) is 0 Å². The summed E-state index contributed by atoms with van der Waals surface area (Å²) in [7, 11) is -2.20. The van der Waals surface area contributed by atoms with Crippen molar-refractivity contribution in [2.24, 2.45) is 13.0 Å². The highest BCUT2D eigenvalue weighted by atomic mass is 32.2. The molecule has 0 N–H and O–H groups in total. The Balaban J connectivity index is 1.39. The van der Waals surface area contributed by atoms with Crippen LogP contribution in [0.5, 0.6) is 0 Å². The zero-order chi connectivity index (χ0) is 26.6. The molecule has 0 radical (unpaired) electrons. The van der Waals surface area contributed by atoms with Gasteiger partial charge in [-0.05, 0) is 52.4 Å². The molecule has 1 saturated carbocycles. The maximum atomic E-state index is 13.6. The molecular formula is C24H32N8O4S. The fourth-order valence-electron chi connectivity index (χ4n) is 5.00. The molecule has 1 aliphatic carbocycles. The van der Waals surface area contributed by atoms with Crippen LogP contribution >= 0.6 is 0 Å². The smallest absolute Gasteiger partial charge is 0.425 e. The van der Waals surface area contributed by atoms with E-state index in [0.29, 0.717) is 55.5 Å². The van der Waals surface area contributed by atoms with Crippen molar-refractivity contribution in [3.05, 3.63) is 24.3 Å². The van der Waals surface area contributed by atoms with E-state index < -0.39 is 27.4 Å². The summed E-state index contributed by atoms with van der Waals surface area (Å²) >= 11 is 0. The molecule has 4 heterocycles. The summed E-state index contributed by atoms with van der Waals surface area (Å²) in [6.45, 7) is 6.73. The van der Waals surface area contributed by atoms with Crippen LogP contribution in [0.4, 0.5) is 10.6 Å². The minimum Gasteiger partial charge on any atom is -0.443 e. The lowest BCUT2D eigenvalue weighted by Gasteiger charge is -2.42. The fraction of sp³-hybridized carbons (Fsp3) is 0.625. The van der Waals surface area contributed by atoms with Crippen LogP contribution in [0, 0.1) is 17.2 Å². The number of carbonyl (C=O) groups excluding carboxylic acids is 1. The van der Waals surface area contributed by atoms with E-state index in [2.05, 4.69) is 21.1 Å². The highest BCUT2D eigenvalue weighted by Crippen LogP contribution is 2.44. The zero-order valence-electron chi connectivity index (χ0n) is 21.6. The van der Waals surface area contributed by atoms with Gasteiger partial charge in [0.15, 0.2) is 5.69 Å². The maximum Gasteiger partial charge on any atom is 0.425 e. The average molecular weight is 529 g/mol. The second kappa shape index (κ2) is 8.95. The summed E-state index contributed by atoms with van der Waals surface area (Å²) in [5.41, 5.74) is -0.111. The van der Waals surface area contributed by atoms with E-state index in [0.717, 1.165) is 17.1 Å². The number of aromatic nitrogens is 4. The van der Waals surface area contributed by atoms with Gasteiger partial charge in [0.25, 0.3) is 0 Å². The monoisotopic (exact) mass is 528 g/mol. The van der Waals surface area contributed by atoms with Gasteiger partial charge in [-0.15, -0.1) is 0 Å². The topological polar surface area (TPSA) is 138 Å². The van der Waals surface area contributed by atoms with Crippen LogP contribution in [0.25, 0.3) is 11.3 Å². The Hall–Kier alpha value is -3.24. The Morgan fingerprint density at radius 1 is 1.24 bits per heavy atom. The van der Waals surface area contributed by atoms with Gasteiger partial charge in [0, 0.05) is 38.4 Å². The normalized spacial score (nSPS) is 21.3. The minimum absolute atomic E-state index is 0.0742. The molecule has 2 aliphatic heterocycles. The summed E-state index contributed by atoms with van der Waals surface area (Å²) in [5, 5.41) is 13.7. The summed E-state index contributed by atoms with van der Waals surface area (Å²) < 4.78 is 36.7. The molecule has 12 nitrogen and oxygen atoms in total. The lowest BCUT2D eigenvalue weighted by molar-refractivity contribution is 0.0371. The fourth-order valence-corrected chi connectivity index (χ4v) is 7.00. The number of anilines is 1. The molecule has 13 heteroatoms. The van der Waals surface area contributed by atoms with E-state index in [1.165, 1.54) is 0 Å². The summed E-state index contributed by atoms with van der Waals surface area (Å²) in [5.74, 6) is 0.945. The summed E-state index contributed by atoms with van der Waals surface area (Å²) in [6.07, 6.45) is 7.24. The van der Waals surface area contributed by atoms with Crippen molar-refractivity contribution in [2.45, 2.75) is 57.6 Å². The molecule has 3 aliphatic rings. The molecule has 2 saturated heterocycles. The number of carbonyl (C=O) groups is 1. The van der Waals surface area contributed by atoms with Gasteiger partial charge >= 0.3 is 16.3 Å². The third-order valence-electron chi connectivity index (χ3n) is 7.10. The summed E-state index contributed by atoms with van der Waals surface area (Å²) in [4.78, 5) is 24.0. The Morgan fingerprint density at radius 2 is 1.95 bits per heavy atom. The number of rotatable bonds is 4. The summed E-state index contributed by atoms with van der Waals surface area (Å²) in [6, 6.07) is 2.09. The molecule has 1 spiro atoms. The molecule has 0 bridgehead atoms. The quantitative estimate of drug-likeness (QED) is 0.585. The largest absolute Gasteiger partial charge is 0.443 e. The Bertz CT molecular complexity index is 1350. The van der Waals surface area contributed by atoms with Gasteiger partial charge in [0.2, 0.25) is 0 Å². The van der Waals surface area contributed by atoms with Crippen molar-refractivity contribution in [1.29, 1.82) is 5.26 Å². The van der Waals surface area contributed by atoms with Crippen LogP contribution in [0.2, 0.25) is 0 Å². The van der Waals surface area contributed by atoms with Gasteiger partial charge in [0.1, 0.15) is 23.2 Å². The van der Waals surface area contributed by atoms with Gasteiger partial charge in [-0.3, -0.25) is 4.68 Å². The number of hydrogen-bond acceptors (Lipinski definition) is 9. The van der Waals surface area contributed by atoms with Crippen LogP contribution in [-0.2, 0) is 22.0 Å². The lowest BCUT2D eigenvalue weighted by Crippen LogP contribution is -2.55. The number of amides is 1. The van der Waals surface area contributed by atoms with Crippen LogP contribution in [0.3, 0.4) is 0 Å². The van der Waals surface area contributed by atoms with Crippen LogP contribution in [0.1, 0.15) is 52.1 Å². The number of piperidine rings is 1. The van der Waals surface area contributed by atoms with Gasteiger partial charge in [0.05, 0.1) is 24.5 Å². The van der Waals surface area contributed by atoms with Crippen molar-refractivity contribution < 1.29 is 17.9 Å². The van der Waals surface area contributed by atoms with Gasteiger partial charge < -0.3 is 9.64 Å². The molecule has 0 unspecified atom stereocenters. The van der Waals surface area contributed by atoms with Crippen LogP contribution in [0.15, 0.2) is 18.6 Å². The molecule has 2 aromatic rings. The molecular weight excluding hydrogens is 496 g/mol. The third-order valence-corrected chi connectivity index (χ3v) is 9.03. The predicted molar refractivity (Wildman–Crippen MR) is 134 cm³/mol. The first-order chi connectivity index (χ1) is 17.4. The first-order valence-corrected chi connectivity index (χ1v) is 13.9. The first kappa shape index (κ1) is 25.4. The highest BCUT2D eigenvalue weighted by molar-refractivity contribution is 7.87. The Labute approximate surface area is 217 Å². The predicted octanol–water partition coefficient (Wildman–Crippen LogP) is 2.30. The highest BCUT2D eigenvalue weighted by Gasteiger charge is 2.58. The number of nitriles is 1. The van der Waals surface area contributed by atoms with Crippen molar-refractivity contribution in [1.82, 2.24) is 28.4 Å². The Kier molecular flexibility index (Phi) is 6.15. The number of ether oxygens (including phenoxy) is 1. The second-order valence-corrected chi connectivity index (χ2v) is 12.9. The molecule has 37 heavy (non-hydrogen) atoms. The van der Waals surface area contributed by atoms with Gasteiger partial charge in [-0.1, -0.05) is 0 Å². The SMILES string of the molecule is Cn1cc(-c2nc(N3CCC4(CC3)CN(C(=O)OC(C)(C)C)S(=O)(=O)N4CC3CC3)cnc2C#N)cn1. The molecule has 2 aromatic heterocycles. The molecule has 5 rings (SSSR count). The first-order valence-electron chi connectivity index (χ1n) is 12.5. The average Bonchev–Trinajstić information content (AvgIpc) is 3.52. The molecule has 3 fully saturated rings. The second-order valence-electron chi connectivity index (χ2n) is 11.1. The van der Waals surface area contributed by atoms with E-state index in [4.69, 9.17) is 9.72 Å². The molecule has 0 aromatic carbocycles. The van der Waals surface area contributed by atoms with Gasteiger partial charge in [-0.25, -0.2) is 14.8 Å². The number of nitrogens with zero attached hydrogens (tertiary/aromatic N) is 8. The molecule has 1 amide bonds. The third kappa shape index (κ3) is 4.87. The van der Waals surface area contributed by atoms with E-state index in [1.54, 1.807) is 55.4 Å². The van der Waals surface area contributed by atoms with Crippen molar-refractivity contribution in [3.8, 4) is 17.3 Å². The van der Waals surface area contributed by atoms with Gasteiger partial charge in [-0.2, -0.15) is 27.4 Å². The van der Waals surface area contributed by atoms with Crippen molar-refractivity contribution in [2.75, 3.05) is 31.1 Å². The Morgan fingerprint density at radius 3 is 2.51 bits per heavy atom. The van der Waals surface area contributed by atoms with Crippen LogP contribution in [-0.4, -0.2) is 80.2 Å². The lowest BCUT2D eigenvalue weighted by atomic mass is 9.87. The minimum atomic E-state index is -3.99. The number of hydrogen-bond donors (Lipinski definition) is 0. The van der Waals surface area contributed by atoms with Crippen LogP contribution < -0.4 is 4.90 Å². The molecule has 0 atom stereocenters. The van der Waals surface area contributed by atoms with E-state index in [-0.39, 0.29) is 12.2 Å².